The number of rotatable bonds is 2. The van der Waals surface area contributed by atoms with Crippen molar-refractivity contribution >= 4 is 17.8 Å². The van der Waals surface area contributed by atoms with Gasteiger partial charge in [0.15, 0.2) is 5.78 Å². The van der Waals surface area contributed by atoms with Crippen molar-refractivity contribution in [1.82, 2.24) is 0 Å². The molecule has 82 valence electrons. The minimum absolute atomic E-state index is 0.184. The molecule has 3 nitrogen and oxygen atoms in total. The zero-order chi connectivity index (χ0) is 11.5. The Morgan fingerprint density at radius 3 is 2.94 bits per heavy atom. The average molecular weight is 216 g/mol. The summed E-state index contributed by atoms with van der Waals surface area (Å²) in [4.78, 5) is 22.5. The monoisotopic (exact) mass is 216 g/mol. The number of benzene rings is 1. The van der Waals surface area contributed by atoms with Crippen LogP contribution in [0.1, 0.15) is 27.9 Å². The molecule has 0 saturated heterocycles. The van der Waals surface area contributed by atoms with Gasteiger partial charge in [0.1, 0.15) is 0 Å². The van der Waals surface area contributed by atoms with Gasteiger partial charge in [-0.3, -0.25) is 4.79 Å². The predicted molar refractivity (Wildman–Crippen MR) is 60.1 cm³/mol. The Morgan fingerprint density at radius 2 is 2.19 bits per heavy atom. The van der Waals surface area contributed by atoms with Crippen molar-refractivity contribution in [3.05, 3.63) is 41.0 Å². The SMILES string of the molecule is COC(=O)C=Cc1cccc2c1CCC2=O. The highest BCUT2D eigenvalue weighted by molar-refractivity contribution is 6.01. The van der Waals surface area contributed by atoms with Gasteiger partial charge in [-0.05, 0) is 23.6 Å². The molecule has 0 spiro atoms. The molecule has 0 heterocycles. The van der Waals surface area contributed by atoms with Gasteiger partial charge in [0.25, 0.3) is 0 Å². The summed E-state index contributed by atoms with van der Waals surface area (Å²) in [7, 11) is 1.34. The number of esters is 1. The van der Waals surface area contributed by atoms with Crippen LogP contribution in [0.25, 0.3) is 6.08 Å². The first-order valence-corrected chi connectivity index (χ1v) is 5.13. The summed E-state index contributed by atoms with van der Waals surface area (Å²) in [6.45, 7) is 0. The van der Waals surface area contributed by atoms with Gasteiger partial charge in [-0.2, -0.15) is 0 Å². The van der Waals surface area contributed by atoms with Gasteiger partial charge in [0, 0.05) is 18.1 Å². The normalized spacial score (nSPS) is 14.2. The highest BCUT2D eigenvalue weighted by atomic mass is 16.5. The molecule has 3 heteroatoms. The van der Waals surface area contributed by atoms with E-state index in [1.54, 1.807) is 6.08 Å². The molecule has 0 saturated carbocycles. The zero-order valence-corrected chi connectivity index (χ0v) is 9.03. The fourth-order valence-corrected chi connectivity index (χ4v) is 1.90. The van der Waals surface area contributed by atoms with E-state index in [0.29, 0.717) is 6.42 Å². The van der Waals surface area contributed by atoms with Crippen molar-refractivity contribution in [2.45, 2.75) is 12.8 Å². The van der Waals surface area contributed by atoms with E-state index in [9.17, 15) is 9.59 Å². The molecular weight excluding hydrogens is 204 g/mol. The van der Waals surface area contributed by atoms with Gasteiger partial charge < -0.3 is 4.74 Å². The zero-order valence-electron chi connectivity index (χ0n) is 9.03. The van der Waals surface area contributed by atoms with Crippen LogP contribution in [0.4, 0.5) is 0 Å². The lowest BCUT2D eigenvalue weighted by Gasteiger charge is -2.02. The van der Waals surface area contributed by atoms with Gasteiger partial charge in [0.2, 0.25) is 0 Å². The fraction of sp³-hybridized carbons (Fsp3) is 0.231. The number of methoxy groups -OCH3 is 1. The van der Waals surface area contributed by atoms with Crippen LogP contribution in [0.5, 0.6) is 0 Å². The van der Waals surface area contributed by atoms with Crippen LogP contribution >= 0.6 is 0 Å². The molecule has 0 radical (unpaired) electrons. The van der Waals surface area contributed by atoms with Gasteiger partial charge in [-0.1, -0.05) is 18.2 Å². The van der Waals surface area contributed by atoms with Crippen LogP contribution in [0.2, 0.25) is 0 Å². The summed E-state index contributed by atoms with van der Waals surface area (Å²) in [6.07, 6.45) is 4.40. The molecule has 16 heavy (non-hydrogen) atoms. The Bertz CT molecular complexity index is 472. The maximum Gasteiger partial charge on any atom is 0.330 e. The van der Waals surface area contributed by atoms with E-state index in [4.69, 9.17) is 0 Å². The standard InChI is InChI=1S/C13H12O3/c1-16-13(15)8-5-9-3-2-4-11-10(9)6-7-12(11)14/h2-5,8H,6-7H2,1H3. The number of ether oxygens (including phenoxy) is 1. The second-order valence-corrected chi connectivity index (χ2v) is 3.65. The smallest absolute Gasteiger partial charge is 0.330 e. The Balaban J connectivity index is 2.33. The Morgan fingerprint density at radius 1 is 1.38 bits per heavy atom. The van der Waals surface area contributed by atoms with Crippen molar-refractivity contribution in [3.63, 3.8) is 0 Å². The van der Waals surface area contributed by atoms with Gasteiger partial charge in [-0.25, -0.2) is 4.79 Å². The lowest BCUT2D eigenvalue weighted by Crippen LogP contribution is -1.95. The summed E-state index contributed by atoms with van der Waals surface area (Å²) in [5.74, 6) is -0.203. The number of hydrogen-bond donors (Lipinski definition) is 0. The van der Waals surface area contributed by atoms with E-state index in [2.05, 4.69) is 4.74 Å². The van der Waals surface area contributed by atoms with Crippen molar-refractivity contribution in [1.29, 1.82) is 0 Å². The number of hydrogen-bond acceptors (Lipinski definition) is 3. The third-order valence-corrected chi connectivity index (χ3v) is 2.71. The van der Waals surface area contributed by atoms with Crippen molar-refractivity contribution < 1.29 is 14.3 Å². The Labute approximate surface area is 93.7 Å². The molecule has 0 bridgehead atoms. The van der Waals surface area contributed by atoms with Crippen LogP contribution in [-0.2, 0) is 16.0 Å². The summed E-state index contributed by atoms with van der Waals surface area (Å²) in [6, 6.07) is 5.57. The maximum absolute atomic E-state index is 11.5. The van der Waals surface area contributed by atoms with E-state index in [-0.39, 0.29) is 11.8 Å². The van der Waals surface area contributed by atoms with E-state index >= 15 is 0 Å². The number of fused-ring (bicyclic) bond motifs is 1. The summed E-state index contributed by atoms with van der Waals surface area (Å²) in [5.41, 5.74) is 2.74. The summed E-state index contributed by atoms with van der Waals surface area (Å²) in [5, 5.41) is 0. The quantitative estimate of drug-likeness (QED) is 0.561. The predicted octanol–water partition coefficient (Wildman–Crippen LogP) is 2.00. The lowest BCUT2D eigenvalue weighted by atomic mass is 10.0. The summed E-state index contributed by atoms with van der Waals surface area (Å²) < 4.78 is 4.52. The topological polar surface area (TPSA) is 43.4 Å². The molecule has 1 aliphatic carbocycles. The first-order valence-electron chi connectivity index (χ1n) is 5.13. The molecule has 0 atom stereocenters. The molecule has 0 aliphatic heterocycles. The highest BCUT2D eigenvalue weighted by Crippen LogP contribution is 2.25. The number of carbonyl (C=O) groups excluding carboxylic acids is 2. The molecule has 0 N–H and O–H groups in total. The molecule has 0 fully saturated rings. The lowest BCUT2D eigenvalue weighted by molar-refractivity contribution is -0.134. The van der Waals surface area contributed by atoms with Crippen LogP contribution < -0.4 is 0 Å². The third kappa shape index (κ3) is 1.89. The van der Waals surface area contributed by atoms with E-state index < -0.39 is 0 Å². The molecule has 1 aliphatic rings. The highest BCUT2D eigenvalue weighted by Gasteiger charge is 2.20. The second-order valence-electron chi connectivity index (χ2n) is 3.65. The van der Waals surface area contributed by atoms with E-state index in [0.717, 1.165) is 23.1 Å². The average Bonchev–Trinajstić information content (AvgIpc) is 2.69. The molecule has 0 aromatic heterocycles. The molecule has 0 amide bonds. The second kappa shape index (κ2) is 4.31. The van der Waals surface area contributed by atoms with Crippen molar-refractivity contribution in [2.75, 3.05) is 7.11 Å². The largest absolute Gasteiger partial charge is 0.466 e. The van der Waals surface area contributed by atoms with Gasteiger partial charge in [-0.15, -0.1) is 0 Å². The van der Waals surface area contributed by atoms with E-state index in [1.807, 2.05) is 18.2 Å². The third-order valence-electron chi connectivity index (χ3n) is 2.71. The molecular formula is C13H12O3. The first kappa shape index (κ1) is 10.6. The molecule has 2 rings (SSSR count). The van der Waals surface area contributed by atoms with Gasteiger partial charge in [0.05, 0.1) is 7.11 Å². The van der Waals surface area contributed by atoms with Crippen LogP contribution in [0.3, 0.4) is 0 Å². The number of ketones is 1. The number of carbonyl (C=O) groups is 2. The maximum atomic E-state index is 11.5. The minimum Gasteiger partial charge on any atom is -0.466 e. The van der Waals surface area contributed by atoms with Crippen LogP contribution in [0, 0.1) is 0 Å². The van der Waals surface area contributed by atoms with Crippen molar-refractivity contribution in [3.8, 4) is 0 Å². The molecule has 0 unspecified atom stereocenters. The molecule has 1 aromatic rings. The Hall–Kier alpha value is -1.90. The van der Waals surface area contributed by atoms with Crippen LogP contribution in [-0.4, -0.2) is 18.9 Å². The summed E-state index contributed by atoms with van der Waals surface area (Å²) >= 11 is 0. The first-order chi connectivity index (χ1) is 7.72. The van der Waals surface area contributed by atoms with E-state index in [1.165, 1.54) is 13.2 Å². The van der Waals surface area contributed by atoms with Gasteiger partial charge >= 0.3 is 5.97 Å². The molecule has 1 aromatic carbocycles. The van der Waals surface area contributed by atoms with Crippen molar-refractivity contribution in [2.24, 2.45) is 0 Å². The fourth-order valence-electron chi connectivity index (χ4n) is 1.90. The Kier molecular flexibility index (Phi) is 2.86. The van der Waals surface area contributed by atoms with Crippen LogP contribution in [0.15, 0.2) is 24.3 Å². The number of Topliss-reactive ketones (excluding diaryl/α,β-unsaturated/α-hetero) is 1. The minimum atomic E-state index is -0.387.